The molecule has 5 rings (SSSR count). The summed E-state index contributed by atoms with van der Waals surface area (Å²) in [5.74, 6) is 6.26. The molecule has 0 heterocycles. The third kappa shape index (κ3) is 4.17. The number of nitrogens with one attached hydrogen (secondary N) is 2. The second-order valence-electron chi connectivity index (χ2n) is 13.8. The maximum absolute atomic E-state index is 11.9. The summed E-state index contributed by atoms with van der Waals surface area (Å²) in [5.41, 5.74) is 1.11. The van der Waals surface area contributed by atoms with Crippen LogP contribution in [-0.4, -0.2) is 38.3 Å². The van der Waals surface area contributed by atoms with Crippen molar-refractivity contribution in [2.75, 3.05) is 20.2 Å². The fourth-order valence-corrected chi connectivity index (χ4v) is 10.6. The van der Waals surface area contributed by atoms with Crippen molar-refractivity contribution in [3.05, 3.63) is 0 Å². The number of hydrogen-bond donors (Lipinski definition) is 2. The summed E-state index contributed by atoms with van der Waals surface area (Å²) in [4.78, 5) is 11.9. The maximum Gasteiger partial charge on any atom is 0.305 e. The topological polar surface area (TPSA) is 50.4 Å². The zero-order valence-electron chi connectivity index (χ0n) is 22.7. The van der Waals surface area contributed by atoms with Gasteiger partial charge < -0.3 is 15.4 Å². The fraction of sp³-hybridized carbons (Fsp3) is 0.967. The van der Waals surface area contributed by atoms with E-state index in [-0.39, 0.29) is 5.97 Å². The molecule has 0 aromatic carbocycles. The number of esters is 1. The summed E-state index contributed by atoms with van der Waals surface area (Å²) >= 11 is 0. The monoisotopic (exact) mass is 472 g/mol. The number of methoxy groups -OCH3 is 1. The first kappa shape index (κ1) is 25.1. The van der Waals surface area contributed by atoms with Crippen LogP contribution in [0, 0.1) is 52.3 Å². The minimum Gasteiger partial charge on any atom is -0.469 e. The Morgan fingerprint density at radius 2 is 1.74 bits per heavy atom. The maximum atomic E-state index is 11.9. The lowest BCUT2D eigenvalue weighted by Crippen LogP contribution is -2.56. The van der Waals surface area contributed by atoms with Crippen LogP contribution in [0.2, 0.25) is 0 Å². The summed E-state index contributed by atoms with van der Waals surface area (Å²) < 4.78 is 4.99. The molecule has 0 aromatic rings. The first-order valence-corrected chi connectivity index (χ1v) is 14.8. The van der Waals surface area contributed by atoms with Gasteiger partial charge in [0.15, 0.2) is 0 Å². The van der Waals surface area contributed by atoms with Gasteiger partial charge in [0.25, 0.3) is 0 Å². The van der Waals surface area contributed by atoms with E-state index in [0.29, 0.717) is 23.3 Å². The van der Waals surface area contributed by atoms with Crippen LogP contribution in [0.25, 0.3) is 0 Å². The molecule has 4 unspecified atom stereocenters. The lowest BCUT2D eigenvalue weighted by molar-refractivity contribution is -0.141. The Labute approximate surface area is 209 Å². The normalized spacial score (nSPS) is 47.2. The molecule has 5 saturated carbocycles. The van der Waals surface area contributed by atoms with Crippen LogP contribution in [0.4, 0.5) is 0 Å². The van der Waals surface area contributed by atoms with Crippen LogP contribution in [0.15, 0.2) is 0 Å². The van der Waals surface area contributed by atoms with Crippen molar-refractivity contribution >= 4 is 5.97 Å². The molecule has 0 aromatic heterocycles. The van der Waals surface area contributed by atoms with Crippen molar-refractivity contribution in [3.8, 4) is 0 Å². The molecule has 0 aliphatic heterocycles. The molecule has 5 fully saturated rings. The average molecular weight is 473 g/mol. The van der Waals surface area contributed by atoms with E-state index in [9.17, 15) is 4.79 Å². The van der Waals surface area contributed by atoms with Crippen molar-refractivity contribution in [2.45, 2.75) is 110 Å². The number of carbonyl (C=O) groups excluding carboxylic acids is 1. The summed E-state index contributed by atoms with van der Waals surface area (Å²) in [7, 11) is 1.54. The summed E-state index contributed by atoms with van der Waals surface area (Å²) in [6, 6.07) is 1.30. The van der Waals surface area contributed by atoms with Gasteiger partial charge in [-0.25, -0.2) is 0 Å². The van der Waals surface area contributed by atoms with Gasteiger partial charge in [0, 0.05) is 31.6 Å². The lowest BCUT2D eigenvalue weighted by Gasteiger charge is -2.62. The summed E-state index contributed by atoms with van der Waals surface area (Å²) in [6.45, 7) is 12.1. The van der Waals surface area contributed by atoms with Crippen LogP contribution in [0.5, 0.6) is 0 Å². The van der Waals surface area contributed by atoms with E-state index in [2.05, 4.69) is 38.3 Å². The Kier molecular flexibility index (Phi) is 7.14. The van der Waals surface area contributed by atoms with Gasteiger partial charge in [0.1, 0.15) is 0 Å². The number of hydrogen-bond acceptors (Lipinski definition) is 4. The second-order valence-corrected chi connectivity index (χ2v) is 13.8. The van der Waals surface area contributed by atoms with Gasteiger partial charge >= 0.3 is 5.97 Å². The van der Waals surface area contributed by atoms with E-state index in [4.69, 9.17) is 4.74 Å². The molecule has 0 amide bonds. The van der Waals surface area contributed by atoms with E-state index in [1.165, 1.54) is 64.9 Å². The average Bonchev–Trinajstić information content (AvgIpc) is 3.31. The van der Waals surface area contributed by atoms with E-state index < -0.39 is 0 Å². The van der Waals surface area contributed by atoms with E-state index in [1.807, 2.05) is 0 Å². The van der Waals surface area contributed by atoms with Crippen LogP contribution in [0.3, 0.4) is 0 Å². The Morgan fingerprint density at radius 1 is 0.941 bits per heavy atom. The van der Waals surface area contributed by atoms with E-state index in [1.54, 1.807) is 0 Å². The molecular formula is C30H52N2O2. The van der Waals surface area contributed by atoms with Gasteiger partial charge in [-0.05, 0) is 116 Å². The predicted molar refractivity (Wildman–Crippen MR) is 138 cm³/mol. The summed E-state index contributed by atoms with van der Waals surface area (Å²) in [6.07, 6.45) is 14.6. The molecule has 0 radical (unpaired) electrons. The van der Waals surface area contributed by atoms with Crippen LogP contribution < -0.4 is 10.6 Å². The van der Waals surface area contributed by atoms with Crippen molar-refractivity contribution in [1.29, 1.82) is 0 Å². The number of carbonyl (C=O) groups is 1. The van der Waals surface area contributed by atoms with Crippen molar-refractivity contribution in [1.82, 2.24) is 10.6 Å². The van der Waals surface area contributed by atoms with Gasteiger partial charge in [-0.2, -0.15) is 0 Å². The first-order valence-electron chi connectivity index (χ1n) is 14.8. The molecule has 4 heteroatoms. The highest BCUT2D eigenvalue weighted by Gasteiger charge is 2.66. The third-order valence-electron chi connectivity index (χ3n) is 12.3. The molecule has 0 saturated heterocycles. The first-order chi connectivity index (χ1) is 16.3. The van der Waals surface area contributed by atoms with Crippen LogP contribution >= 0.6 is 0 Å². The zero-order chi connectivity index (χ0) is 24.1. The SMILES string of the molecule is COC(=O)CC[C@H]1C[C@H]2CC3C(CC[C@@H]4C[C@@H](NCCNC(C)C)CC[C@]34C)C3CCC1[C@]32C. The molecular weight excluding hydrogens is 420 g/mol. The molecule has 2 N–H and O–H groups in total. The minimum atomic E-state index is -0.0102. The van der Waals surface area contributed by atoms with Gasteiger partial charge in [-0.3, -0.25) is 4.79 Å². The smallest absolute Gasteiger partial charge is 0.305 e. The molecule has 34 heavy (non-hydrogen) atoms. The summed E-state index contributed by atoms with van der Waals surface area (Å²) in [5, 5.41) is 7.46. The minimum absolute atomic E-state index is 0.0102. The van der Waals surface area contributed by atoms with Crippen molar-refractivity contribution < 1.29 is 9.53 Å². The predicted octanol–water partition coefficient (Wildman–Crippen LogP) is 5.80. The Bertz CT molecular complexity index is 739. The standard InChI is InChI=1S/C30H52N2O2/c1-19(2)31-14-15-32-23-12-13-29(3)21(17-23)7-8-24-26-10-9-25-20(6-11-28(33)34-5)16-22(18-27(24)29)30(25,26)4/h19-27,31-32H,6-18H2,1-5H3/t20-,21+,22-,23-,24?,25?,26?,27?,29-,30+/m0/s1. The third-order valence-corrected chi connectivity index (χ3v) is 12.3. The highest BCUT2D eigenvalue weighted by molar-refractivity contribution is 5.69. The molecule has 4 nitrogen and oxygen atoms in total. The highest BCUT2D eigenvalue weighted by atomic mass is 16.5. The van der Waals surface area contributed by atoms with Gasteiger partial charge in [-0.1, -0.05) is 27.7 Å². The van der Waals surface area contributed by atoms with Crippen LogP contribution in [-0.2, 0) is 9.53 Å². The molecule has 5 aliphatic rings. The van der Waals surface area contributed by atoms with Gasteiger partial charge in [-0.15, -0.1) is 0 Å². The quantitative estimate of drug-likeness (QED) is 0.346. The zero-order valence-corrected chi connectivity index (χ0v) is 22.7. The molecule has 5 aliphatic carbocycles. The Hall–Kier alpha value is -0.610. The van der Waals surface area contributed by atoms with Crippen molar-refractivity contribution in [3.63, 3.8) is 0 Å². The van der Waals surface area contributed by atoms with Gasteiger partial charge in [0.2, 0.25) is 0 Å². The van der Waals surface area contributed by atoms with Crippen LogP contribution in [0.1, 0.15) is 98.3 Å². The van der Waals surface area contributed by atoms with Gasteiger partial charge in [0.05, 0.1) is 7.11 Å². The molecule has 194 valence electrons. The van der Waals surface area contributed by atoms with Crippen molar-refractivity contribution in [2.24, 2.45) is 52.3 Å². The number of ether oxygens (including phenoxy) is 1. The molecule has 10 atom stereocenters. The Balaban J connectivity index is 1.25. The fourth-order valence-electron chi connectivity index (χ4n) is 10.6. The second kappa shape index (κ2) is 9.69. The lowest BCUT2D eigenvalue weighted by atomic mass is 9.43. The molecule has 0 bridgehead atoms. The Morgan fingerprint density at radius 3 is 2.50 bits per heavy atom. The molecule has 0 spiro atoms. The number of rotatable bonds is 8. The highest BCUT2D eigenvalue weighted by Crippen LogP contribution is 2.73. The largest absolute Gasteiger partial charge is 0.469 e. The number of fused-ring (bicyclic) bond motifs is 4. The van der Waals surface area contributed by atoms with E-state index in [0.717, 1.165) is 67.0 Å². The van der Waals surface area contributed by atoms with E-state index >= 15 is 0 Å².